The fourth-order valence-corrected chi connectivity index (χ4v) is 2.30. The molecule has 4 nitrogen and oxygen atoms in total. The van der Waals surface area contributed by atoms with Crippen molar-refractivity contribution in [3.8, 4) is 11.1 Å². The summed E-state index contributed by atoms with van der Waals surface area (Å²) in [5.41, 5.74) is 4.37. The third-order valence-electron chi connectivity index (χ3n) is 3.17. The van der Waals surface area contributed by atoms with Crippen molar-refractivity contribution in [2.45, 2.75) is 0 Å². The van der Waals surface area contributed by atoms with Crippen molar-refractivity contribution in [2.24, 2.45) is 0 Å². The zero-order chi connectivity index (χ0) is 11.9. The largest absolute Gasteiger partial charge is 0.346 e. The number of aromatic nitrogens is 4. The molecule has 0 radical (unpaired) electrons. The van der Waals surface area contributed by atoms with Gasteiger partial charge in [0.05, 0.1) is 5.52 Å². The molecule has 0 atom stereocenters. The zero-order valence-corrected chi connectivity index (χ0v) is 9.54. The highest BCUT2D eigenvalue weighted by Gasteiger charge is 2.06. The maximum atomic E-state index is 4.31. The van der Waals surface area contributed by atoms with Crippen molar-refractivity contribution in [3.05, 3.63) is 55.1 Å². The molecule has 18 heavy (non-hydrogen) atoms. The van der Waals surface area contributed by atoms with Gasteiger partial charge in [0.25, 0.3) is 0 Å². The minimum atomic E-state index is 0.917. The van der Waals surface area contributed by atoms with Gasteiger partial charge >= 0.3 is 0 Å². The van der Waals surface area contributed by atoms with E-state index in [0.29, 0.717) is 0 Å². The molecule has 0 saturated carbocycles. The molecule has 0 saturated heterocycles. The smallest absolute Gasteiger partial charge is 0.137 e. The lowest BCUT2D eigenvalue weighted by molar-refractivity contribution is 0.962. The van der Waals surface area contributed by atoms with Crippen LogP contribution in [0.2, 0.25) is 0 Å². The Morgan fingerprint density at radius 3 is 3.06 bits per heavy atom. The van der Waals surface area contributed by atoms with E-state index in [1.807, 2.05) is 35.2 Å². The number of aromatic amines is 1. The summed E-state index contributed by atoms with van der Waals surface area (Å²) in [7, 11) is 0. The lowest BCUT2D eigenvalue weighted by atomic mass is 10.1. The Bertz CT molecular complexity index is 841. The number of hydrogen-bond acceptors (Lipinski definition) is 2. The van der Waals surface area contributed by atoms with Crippen molar-refractivity contribution in [1.29, 1.82) is 0 Å². The SMILES string of the molecule is c1cc(-c2ccn3nccc3c2)c2cc[nH]c2n1. The first kappa shape index (κ1) is 9.41. The highest BCUT2D eigenvalue weighted by atomic mass is 15.2. The van der Waals surface area contributed by atoms with Gasteiger partial charge in [-0.05, 0) is 41.5 Å². The number of pyridine rings is 2. The van der Waals surface area contributed by atoms with Gasteiger partial charge in [-0.2, -0.15) is 5.10 Å². The molecule has 0 aromatic carbocycles. The van der Waals surface area contributed by atoms with E-state index in [2.05, 4.69) is 33.3 Å². The molecule has 0 spiro atoms. The normalized spacial score (nSPS) is 11.3. The van der Waals surface area contributed by atoms with E-state index in [-0.39, 0.29) is 0 Å². The average molecular weight is 234 g/mol. The second-order valence-corrected chi connectivity index (χ2v) is 4.21. The van der Waals surface area contributed by atoms with Gasteiger partial charge in [0.15, 0.2) is 0 Å². The third-order valence-corrected chi connectivity index (χ3v) is 3.17. The molecule has 0 aliphatic carbocycles. The standard InChI is InChI=1S/C14H10N4/c1-7-17-18-8-4-10(9-11(1)18)12-2-5-15-14-13(12)3-6-16-14/h1-9H,(H,15,16). The van der Waals surface area contributed by atoms with Gasteiger partial charge in [0.2, 0.25) is 0 Å². The van der Waals surface area contributed by atoms with Crippen molar-refractivity contribution in [2.75, 3.05) is 0 Å². The van der Waals surface area contributed by atoms with Crippen LogP contribution >= 0.6 is 0 Å². The molecule has 4 aromatic rings. The quantitative estimate of drug-likeness (QED) is 0.550. The molecule has 86 valence electrons. The van der Waals surface area contributed by atoms with Crippen molar-refractivity contribution >= 4 is 16.6 Å². The van der Waals surface area contributed by atoms with Crippen LogP contribution in [0.3, 0.4) is 0 Å². The van der Waals surface area contributed by atoms with Crippen molar-refractivity contribution in [3.63, 3.8) is 0 Å². The average Bonchev–Trinajstić information content (AvgIpc) is 3.05. The Morgan fingerprint density at radius 1 is 1.06 bits per heavy atom. The van der Waals surface area contributed by atoms with Crippen molar-refractivity contribution < 1.29 is 0 Å². The molecule has 0 aliphatic rings. The Kier molecular flexibility index (Phi) is 1.80. The Hall–Kier alpha value is -2.62. The second kappa shape index (κ2) is 3.43. The lowest BCUT2D eigenvalue weighted by Crippen LogP contribution is -1.87. The molecule has 0 unspecified atom stereocenters. The van der Waals surface area contributed by atoms with Gasteiger partial charge < -0.3 is 4.98 Å². The molecule has 0 bridgehead atoms. The van der Waals surface area contributed by atoms with Crippen LogP contribution in [0.15, 0.2) is 55.1 Å². The first-order chi connectivity index (χ1) is 8.92. The second-order valence-electron chi connectivity index (χ2n) is 4.21. The van der Waals surface area contributed by atoms with Crippen LogP contribution in [0.4, 0.5) is 0 Å². The molecular weight excluding hydrogens is 224 g/mol. The van der Waals surface area contributed by atoms with Crippen LogP contribution in [0.25, 0.3) is 27.7 Å². The first-order valence-corrected chi connectivity index (χ1v) is 5.78. The molecule has 0 aliphatic heterocycles. The summed E-state index contributed by atoms with van der Waals surface area (Å²) in [6, 6.07) is 10.3. The fourth-order valence-electron chi connectivity index (χ4n) is 2.30. The number of rotatable bonds is 1. The molecular formula is C14H10N4. The van der Waals surface area contributed by atoms with E-state index in [4.69, 9.17) is 0 Å². The summed E-state index contributed by atoms with van der Waals surface area (Å²) in [5.74, 6) is 0. The van der Waals surface area contributed by atoms with Crippen LogP contribution in [-0.4, -0.2) is 19.6 Å². The number of hydrogen-bond donors (Lipinski definition) is 1. The Balaban J connectivity index is 2.03. The predicted molar refractivity (Wildman–Crippen MR) is 70.3 cm³/mol. The van der Waals surface area contributed by atoms with Crippen LogP contribution in [0.1, 0.15) is 0 Å². The first-order valence-electron chi connectivity index (χ1n) is 5.78. The molecule has 4 aromatic heterocycles. The molecule has 4 heterocycles. The fraction of sp³-hybridized carbons (Fsp3) is 0. The number of H-pyrrole nitrogens is 1. The Morgan fingerprint density at radius 2 is 2.06 bits per heavy atom. The summed E-state index contributed by atoms with van der Waals surface area (Å²) >= 11 is 0. The summed E-state index contributed by atoms with van der Waals surface area (Å²) < 4.78 is 1.86. The highest BCUT2D eigenvalue weighted by Crippen LogP contribution is 2.27. The van der Waals surface area contributed by atoms with Crippen LogP contribution in [0.5, 0.6) is 0 Å². The van der Waals surface area contributed by atoms with Gasteiger partial charge in [-0.25, -0.2) is 9.50 Å². The zero-order valence-electron chi connectivity index (χ0n) is 9.54. The monoisotopic (exact) mass is 234 g/mol. The summed E-state index contributed by atoms with van der Waals surface area (Å²) in [5, 5.41) is 5.34. The number of fused-ring (bicyclic) bond motifs is 2. The van der Waals surface area contributed by atoms with Gasteiger partial charge in [0, 0.05) is 30.2 Å². The molecule has 1 N–H and O–H groups in total. The van der Waals surface area contributed by atoms with Crippen LogP contribution < -0.4 is 0 Å². The number of nitrogens with one attached hydrogen (secondary N) is 1. The third kappa shape index (κ3) is 1.26. The van der Waals surface area contributed by atoms with Gasteiger partial charge in [-0.3, -0.25) is 0 Å². The maximum Gasteiger partial charge on any atom is 0.137 e. The lowest BCUT2D eigenvalue weighted by Gasteiger charge is -2.04. The molecule has 4 rings (SSSR count). The van der Waals surface area contributed by atoms with Crippen LogP contribution in [0, 0.1) is 0 Å². The highest BCUT2D eigenvalue weighted by molar-refractivity contribution is 5.93. The summed E-state index contributed by atoms with van der Waals surface area (Å²) in [6.07, 6.45) is 7.52. The molecule has 4 heteroatoms. The van der Waals surface area contributed by atoms with Crippen LogP contribution in [-0.2, 0) is 0 Å². The Labute approximate surface area is 103 Å². The maximum absolute atomic E-state index is 4.31. The van der Waals surface area contributed by atoms with E-state index in [1.165, 1.54) is 11.1 Å². The minimum Gasteiger partial charge on any atom is -0.346 e. The topological polar surface area (TPSA) is 46.0 Å². The molecule has 0 fully saturated rings. The van der Waals surface area contributed by atoms with Gasteiger partial charge in [-0.15, -0.1) is 0 Å². The predicted octanol–water partition coefficient (Wildman–Crippen LogP) is 2.88. The van der Waals surface area contributed by atoms with E-state index >= 15 is 0 Å². The molecule has 0 amide bonds. The van der Waals surface area contributed by atoms with E-state index in [0.717, 1.165) is 16.6 Å². The summed E-state index contributed by atoms with van der Waals surface area (Å²) in [6.45, 7) is 0. The van der Waals surface area contributed by atoms with E-state index in [1.54, 1.807) is 6.20 Å². The summed E-state index contributed by atoms with van der Waals surface area (Å²) in [4.78, 5) is 7.44. The van der Waals surface area contributed by atoms with E-state index < -0.39 is 0 Å². The van der Waals surface area contributed by atoms with Gasteiger partial charge in [0.1, 0.15) is 5.65 Å². The minimum absolute atomic E-state index is 0.917. The van der Waals surface area contributed by atoms with E-state index in [9.17, 15) is 0 Å². The van der Waals surface area contributed by atoms with Crippen molar-refractivity contribution in [1.82, 2.24) is 19.6 Å². The van der Waals surface area contributed by atoms with Gasteiger partial charge in [-0.1, -0.05) is 0 Å². The number of nitrogens with zero attached hydrogens (tertiary/aromatic N) is 3.